The summed E-state index contributed by atoms with van der Waals surface area (Å²) < 4.78 is 11.3. The Morgan fingerprint density at radius 1 is 0.829 bits per heavy atom. The zero-order chi connectivity index (χ0) is 24.8. The van der Waals surface area contributed by atoms with E-state index in [9.17, 15) is 9.59 Å². The maximum Gasteiger partial charge on any atom is 0.255 e. The molecule has 35 heavy (non-hydrogen) atoms. The van der Waals surface area contributed by atoms with Gasteiger partial charge >= 0.3 is 0 Å². The number of carbonyl (C=O) groups is 2. The second-order valence-corrected chi connectivity index (χ2v) is 9.78. The summed E-state index contributed by atoms with van der Waals surface area (Å²) in [7, 11) is 0. The van der Waals surface area contributed by atoms with Crippen molar-refractivity contribution in [1.82, 2.24) is 0 Å². The fraction of sp³-hybridized carbons (Fsp3) is 0.310. The maximum absolute atomic E-state index is 12.6. The summed E-state index contributed by atoms with van der Waals surface area (Å²) in [5, 5.41) is 5.77. The minimum Gasteiger partial charge on any atom is -0.491 e. The first-order valence-electron chi connectivity index (χ1n) is 12.0. The van der Waals surface area contributed by atoms with Gasteiger partial charge in [-0.05, 0) is 84.5 Å². The minimum atomic E-state index is -0.216. The Kier molecular flexibility index (Phi) is 7.51. The first-order chi connectivity index (χ1) is 16.8. The van der Waals surface area contributed by atoms with Crippen LogP contribution in [-0.4, -0.2) is 31.1 Å². The fourth-order valence-corrected chi connectivity index (χ4v) is 3.83. The van der Waals surface area contributed by atoms with Crippen LogP contribution in [0.1, 0.15) is 59.9 Å². The third kappa shape index (κ3) is 6.70. The molecule has 1 unspecified atom stereocenters. The van der Waals surface area contributed by atoms with Crippen molar-refractivity contribution in [3.63, 3.8) is 0 Å². The number of rotatable bonds is 7. The normalized spacial score (nSPS) is 15.5. The minimum absolute atomic E-state index is 0.0372. The van der Waals surface area contributed by atoms with E-state index in [4.69, 9.17) is 9.47 Å². The van der Waals surface area contributed by atoms with E-state index < -0.39 is 0 Å². The Bertz CT molecular complexity index is 1140. The largest absolute Gasteiger partial charge is 0.491 e. The van der Waals surface area contributed by atoms with Crippen LogP contribution in [0.15, 0.2) is 72.8 Å². The van der Waals surface area contributed by atoms with Gasteiger partial charge in [-0.25, -0.2) is 0 Å². The SMILES string of the molecule is CC(C)(C)c1ccc(C(=O)Nc2ccc(NC(=O)c3ccc(OCC4CCCO4)cc3)cc2)cc1. The van der Waals surface area contributed by atoms with Crippen LogP contribution in [-0.2, 0) is 10.2 Å². The van der Waals surface area contributed by atoms with Gasteiger partial charge in [0.25, 0.3) is 11.8 Å². The van der Waals surface area contributed by atoms with E-state index >= 15 is 0 Å². The van der Waals surface area contributed by atoms with Gasteiger partial charge in [0.1, 0.15) is 12.4 Å². The lowest BCUT2D eigenvalue weighted by Gasteiger charge is -2.19. The van der Waals surface area contributed by atoms with Gasteiger partial charge in [0, 0.05) is 29.1 Å². The molecule has 1 heterocycles. The van der Waals surface area contributed by atoms with Crippen molar-refractivity contribution in [3.05, 3.63) is 89.5 Å². The molecule has 3 aromatic rings. The molecule has 6 heteroatoms. The monoisotopic (exact) mass is 472 g/mol. The molecule has 0 aliphatic carbocycles. The lowest BCUT2D eigenvalue weighted by Crippen LogP contribution is -2.16. The molecule has 6 nitrogen and oxygen atoms in total. The van der Waals surface area contributed by atoms with Crippen molar-refractivity contribution in [2.24, 2.45) is 0 Å². The highest BCUT2D eigenvalue weighted by molar-refractivity contribution is 6.05. The van der Waals surface area contributed by atoms with Crippen LogP contribution in [0.5, 0.6) is 5.75 Å². The quantitative estimate of drug-likeness (QED) is 0.439. The number of carbonyl (C=O) groups excluding carboxylic acids is 2. The van der Waals surface area contributed by atoms with Crippen LogP contribution >= 0.6 is 0 Å². The fourth-order valence-electron chi connectivity index (χ4n) is 3.83. The number of hydrogen-bond acceptors (Lipinski definition) is 4. The molecular formula is C29H32N2O4. The summed E-state index contributed by atoms with van der Waals surface area (Å²) in [5.74, 6) is 0.320. The molecule has 2 amide bonds. The van der Waals surface area contributed by atoms with E-state index in [1.807, 2.05) is 24.3 Å². The van der Waals surface area contributed by atoms with Crippen LogP contribution < -0.4 is 15.4 Å². The molecule has 1 fully saturated rings. The molecule has 0 aromatic heterocycles. The molecule has 0 spiro atoms. The molecule has 182 valence electrons. The highest BCUT2D eigenvalue weighted by atomic mass is 16.5. The van der Waals surface area contributed by atoms with E-state index in [2.05, 4.69) is 31.4 Å². The lowest BCUT2D eigenvalue weighted by atomic mass is 9.87. The van der Waals surface area contributed by atoms with Gasteiger partial charge in [-0.15, -0.1) is 0 Å². The second kappa shape index (κ2) is 10.7. The predicted molar refractivity (Wildman–Crippen MR) is 138 cm³/mol. The Morgan fingerprint density at radius 3 is 1.80 bits per heavy atom. The molecule has 3 aromatic carbocycles. The summed E-state index contributed by atoms with van der Waals surface area (Å²) in [5.41, 5.74) is 3.64. The molecule has 1 saturated heterocycles. The van der Waals surface area contributed by atoms with E-state index in [-0.39, 0.29) is 23.3 Å². The summed E-state index contributed by atoms with van der Waals surface area (Å²) in [6, 6.07) is 21.7. The summed E-state index contributed by atoms with van der Waals surface area (Å²) in [4.78, 5) is 25.2. The van der Waals surface area contributed by atoms with Crippen LogP contribution in [0.3, 0.4) is 0 Å². The molecule has 1 aliphatic rings. The number of ether oxygens (including phenoxy) is 2. The van der Waals surface area contributed by atoms with Crippen molar-refractivity contribution in [1.29, 1.82) is 0 Å². The zero-order valence-corrected chi connectivity index (χ0v) is 20.5. The lowest BCUT2D eigenvalue weighted by molar-refractivity contribution is 0.0679. The predicted octanol–water partition coefficient (Wildman–Crippen LogP) is 6.05. The Morgan fingerprint density at radius 2 is 1.34 bits per heavy atom. The zero-order valence-electron chi connectivity index (χ0n) is 20.5. The molecule has 4 rings (SSSR count). The van der Waals surface area contributed by atoms with Crippen LogP contribution in [0, 0.1) is 0 Å². The smallest absolute Gasteiger partial charge is 0.255 e. The van der Waals surface area contributed by atoms with Crippen molar-refractivity contribution >= 4 is 23.2 Å². The first-order valence-corrected chi connectivity index (χ1v) is 12.0. The molecule has 1 aliphatic heterocycles. The van der Waals surface area contributed by atoms with Crippen molar-refractivity contribution in [2.45, 2.75) is 45.1 Å². The number of amides is 2. The van der Waals surface area contributed by atoms with Crippen molar-refractivity contribution in [2.75, 3.05) is 23.8 Å². The van der Waals surface area contributed by atoms with Gasteiger partial charge in [-0.1, -0.05) is 32.9 Å². The average molecular weight is 473 g/mol. The number of benzene rings is 3. The Balaban J connectivity index is 1.29. The standard InChI is InChI=1S/C29H32N2O4/c1-29(2,3)22-10-6-20(7-11-22)27(32)30-23-12-14-24(15-13-23)31-28(33)21-8-16-25(17-9-21)35-19-26-5-4-18-34-26/h6-17,26H,4-5,18-19H2,1-3H3,(H,30,32)(H,31,33). The Hall–Kier alpha value is -3.64. The van der Waals surface area contributed by atoms with E-state index in [1.165, 1.54) is 5.56 Å². The molecule has 1 atom stereocenters. The van der Waals surface area contributed by atoms with Gasteiger partial charge in [0.2, 0.25) is 0 Å². The Labute approximate surface area is 206 Å². The van der Waals surface area contributed by atoms with E-state index in [1.54, 1.807) is 48.5 Å². The maximum atomic E-state index is 12.6. The van der Waals surface area contributed by atoms with Gasteiger partial charge < -0.3 is 20.1 Å². The van der Waals surface area contributed by atoms with Crippen molar-refractivity contribution in [3.8, 4) is 5.75 Å². The van der Waals surface area contributed by atoms with E-state index in [0.29, 0.717) is 34.9 Å². The summed E-state index contributed by atoms with van der Waals surface area (Å²) in [6.07, 6.45) is 2.25. The molecule has 0 bridgehead atoms. The first kappa shape index (κ1) is 24.5. The van der Waals surface area contributed by atoms with Gasteiger partial charge in [-0.3, -0.25) is 9.59 Å². The summed E-state index contributed by atoms with van der Waals surface area (Å²) in [6.45, 7) is 7.74. The van der Waals surface area contributed by atoms with E-state index in [0.717, 1.165) is 19.4 Å². The average Bonchev–Trinajstić information content (AvgIpc) is 3.37. The van der Waals surface area contributed by atoms with Crippen molar-refractivity contribution < 1.29 is 19.1 Å². The van der Waals surface area contributed by atoms with Crippen LogP contribution in [0.2, 0.25) is 0 Å². The molecule has 2 N–H and O–H groups in total. The molecule has 0 radical (unpaired) electrons. The highest BCUT2D eigenvalue weighted by Gasteiger charge is 2.16. The number of hydrogen-bond donors (Lipinski definition) is 2. The number of nitrogens with one attached hydrogen (secondary N) is 2. The van der Waals surface area contributed by atoms with Gasteiger partial charge in [-0.2, -0.15) is 0 Å². The third-order valence-electron chi connectivity index (χ3n) is 5.99. The van der Waals surface area contributed by atoms with Crippen LogP contribution in [0.4, 0.5) is 11.4 Å². The topological polar surface area (TPSA) is 76.7 Å². The van der Waals surface area contributed by atoms with Crippen LogP contribution in [0.25, 0.3) is 0 Å². The summed E-state index contributed by atoms with van der Waals surface area (Å²) >= 11 is 0. The number of anilines is 2. The second-order valence-electron chi connectivity index (χ2n) is 9.78. The third-order valence-corrected chi connectivity index (χ3v) is 5.99. The molecular weight excluding hydrogens is 440 g/mol. The highest BCUT2D eigenvalue weighted by Crippen LogP contribution is 2.23. The van der Waals surface area contributed by atoms with Gasteiger partial charge in [0.15, 0.2) is 0 Å². The molecule has 0 saturated carbocycles. The van der Waals surface area contributed by atoms with Gasteiger partial charge in [0.05, 0.1) is 6.10 Å².